The van der Waals surface area contributed by atoms with Gasteiger partial charge in [-0.25, -0.2) is 0 Å². The minimum Gasteiger partial charge on any atom is -0.497 e. The number of amides is 1. The van der Waals surface area contributed by atoms with Gasteiger partial charge in [-0.1, -0.05) is 12.1 Å². The van der Waals surface area contributed by atoms with Gasteiger partial charge in [0.05, 0.1) is 23.6 Å². The molecule has 0 N–H and O–H groups in total. The van der Waals surface area contributed by atoms with E-state index in [4.69, 9.17) is 4.74 Å². The normalized spacial score (nSPS) is 15.6. The second kappa shape index (κ2) is 10.3. The maximum Gasteiger partial charge on any atom is 0.416 e. The number of anilines is 1. The van der Waals surface area contributed by atoms with Crippen molar-refractivity contribution in [1.82, 2.24) is 4.90 Å². The largest absolute Gasteiger partial charge is 0.497 e. The number of methoxy groups -OCH3 is 1. The van der Waals surface area contributed by atoms with Crippen LogP contribution in [0.25, 0.3) is 0 Å². The predicted octanol–water partition coefficient (Wildman–Crippen LogP) is 5.45. The molecule has 2 aromatic carbocycles. The van der Waals surface area contributed by atoms with E-state index in [0.717, 1.165) is 17.7 Å². The molecule has 1 fully saturated rings. The van der Waals surface area contributed by atoms with E-state index in [2.05, 4.69) is 0 Å². The van der Waals surface area contributed by atoms with Crippen LogP contribution in [-0.2, 0) is 11.0 Å². The van der Waals surface area contributed by atoms with Gasteiger partial charge in [0, 0.05) is 31.6 Å². The maximum atomic E-state index is 13.3. The molecule has 0 aromatic heterocycles. The molecule has 1 atom stereocenters. The molecule has 1 aliphatic rings. The molecule has 1 heterocycles. The fourth-order valence-electron chi connectivity index (χ4n) is 4.42. The van der Waals surface area contributed by atoms with Crippen LogP contribution in [0, 0.1) is 16.0 Å². The number of alkyl halides is 3. The molecule has 0 spiro atoms. The molecule has 1 unspecified atom stereocenters. The highest BCUT2D eigenvalue weighted by Gasteiger charge is 2.36. The number of benzene rings is 2. The highest BCUT2D eigenvalue weighted by atomic mass is 19.4. The number of halogens is 3. The van der Waals surface area contributed by atoms with Crippen molar-refractivity contribution in [2.24, 2.45) is 5.92 Å². The minimum atomic E-state index is -4.66. The molecular formula is C24H28F3N3O4. The monoisotopic (exact) mass is 479 g/mol. The van der Waals surface area contributed by atoms with Crippen LogP contribution in [0.2, 0.25) is 0 Å². The van der Waals surface area contributed by atoms with Gasteiger partial charge < -0.3 is 14.5 Å². The molecule has 10 heteroatoms. The third-order valence-electron chi connectivity index (χ3n) is 6.35. The smallest absolute Gasteiger partial charge is 0.416 e. The van der Waals surface area contributed by atoms with E-state index < -0.39 is 22.4 Å². The molecule has 3 rings (SSSR count). The minimum absolute atomic E-state index is 0.000566. The lowest BCUT2D eigenvalue weighted by molar-refractivity contribution is -0.384. The predicted molar refractivity (Wildman–Crippen MR) is 122 cm³/mol. The lowest BCUT2D eigenvalue weighted by Gasteiger charge is -2.37. The number of ether oxygens (including phenoxy) is 1. The average Bonchev–Trinajstić information content (AvgIpc) is 2.83. The van der Waals surface area contributed by atoms with Crippen LogP contribution in [-0.4, -0.2) is 42.5 Å². The Morgan fingerprint density at radius 3 is 2.47 bits per heavy atom. The van der Waals surface area contributed by atoms with Crippen LogP contribution in [0.4, 0.5) is 24.5 Å². The number of piperidine rings is 1. The SMILES string of the molecule is CCN(C(=O)C1CCN(c2ccc(C(F)(F)F)cc2[N+](=O)[O-])CC1)C(C)c1cccc(OC)c1. The molecule has 0 radical (unpaired) electrons. The molecule has 1 amide bonds. The van der Waals surface area contributed by atoms with Crippen LogP contribution < -0.4 is 9.64 Å². The third kappa shape index (κ3) is 5.43. The summed E-state index contributed by atoms with van der Waals surface area (Å²) >= 11 is 0. The van der Waals surface area contributed by atoms with Crippen LogP contribution in [0.5, 0.6) is 5.75 Å². The van der Waals surface area contributed by atoms with Gasteiger partial charge in [0.2, 0.25) is 5.91 Å². The fraction of sp³-hybridized carbons (Fsp3) is 0.458. The highest BCUT2D eigenvalue weighted by Crippen LogP contribution is 2.38. The summed E-state index contributed by atoms with van der Waals surface area (Å²) in [5.74, 6) is 0.441. The van der Waals surface area contributed by atoms with Gasteiger partial charge >= 0.3 is 6.18 Å². The van der Waals surface area contributed by atoms with Crippen molar-refractivity contribution in [2.75, 3.05) is 31.6 Å². The summed E-state index contributed by atoms with van der Waals surface area (Å²) in [6, 6.07) is 9.95. The topological polar surface area (TPSA) is 75.9 Å². The number of carbonyl (C=O) groups is 1. The summed E-state index contributed by atoms with van der Waals surface area (Å²) in [5, 5.41) is 11.4. The van der Waals surface area contributed by atoms with E-state index in [1.165, 1.54) is 0 Å². The number of nitro groups is 1. The molecule has 184 valence electrons. The second-order valence-corrected chi connectivity index (χ2v) is 8.30. The Balaban J connectivity index is 1.72. The van der Waals surface area contributed by atoms with Crippen molar-refractivity contribution in [3.05, 3.63) is 63.7 Å². The molecule has 0 saturated carbocycles. The van der Waals surface area contributed by atoms with Gasteiger partial charge in [-0.3, -0.25) is 14.9 Å². The van der Waals surface area contributed by atoms with Crippen LogP contribution in [0.15, 0.2) is 42.5 Å². The number of hydrogen-bond acceptors (Lipinski definition) is 5. The van der Waals surface area contributed by atoms with Crippen molar-refractivity contribution in [1.29, 1.82) is 0 Å². The van der Waals surface area contributed by atoms with E-state index in [-0.39, 0.29) is 23.6 Å². The Hall–Kier alpha value is -3.30. The Bertz CT molecular complexity index is 1040. The van der Waals surface area contributed by atoms with Crippen molar-refractivity contribution < 1.29 is 27.6 Å². The summed E-state index contributed by atoms with van der Waals surface area (Å²) in [5.41, 5.74) is -0.548. The molecule has 1 saturated heterocycles. The Morgan fingerprint density at radius 2 is 1.91 bits per heavy atom. The van der Waals surface area contributed by atoms with Gasteiger partial charge in [-0.2, -0.15) is 13.2 Å². The van der Waals surface area contributed by atoms with Gasteiger partial charge in [-0.15, -0.1) is 0 Å². The van der Waals surface area contributed by atoms with Gasteiger partial charge in [0.1, 0.15) is 11.4 Å². The Kier molecular flexibility index (Phi) is 7.68. The van der Waals surface area contributed by atoms with Gasteiger partial charge in [0.15, 0.2) is 0 Å². The summed E-state index contributed by atoms with van der Waals surface area (Å²) in [6.07, 6.45) is -3.75. The van der Waals surface area contributed by atoms with Crippen molar-refractivity contribution in [3.63, 3.8) is 0 Å². The molecule has 34 heavy (non-hydrogen) atoms. The lowest BCUT2D eigenvalue weighted by Crippen LogP contribution is -2.43. The van der Waals surface area contributed by atoms with Crippen LogP contribution in [0.3, 0.4) is 0 Å². The molecule has 0 aliphatic carbocycles. The number of carbonyl (C=O) groups excluding carboxylic acids is 1. The molecule has 1 aliphatic heterocycles. The summed E-state index contributed by atoms with van der Waals surface area (Å²) in [6.45, 7) is 5.06. The quantitative estimate of drug-likeness (QED) is 0.390. The van der Waals surface area contributed by atoms with Crippen molar-refractivity contribution in [3.8, 4) is 5.75 Å². The number of rotatable bonds is 7. The zero-order valence-corrected chi connectivity index (χ0v) is 19.3. The first kappa shape index (κ1) is 25.3. The third-order valence-corrected chi connectivity index (χ3v) is 6.35. The first-order valence-corrected chi connectivity index (χ1v) is 11.1. The number of nitro benzene ring substituents is 1. The van der Waals surface area contributed by atoms with Crippen molar-refractivity contribution >= 4 is 17.3 Å². The second-order valence-electron chi connectivity index (χ2n) is 8.30. The Morgan fingerprint density at radius 1 is 1.24 bits per heavy atom. The number of nitrogens with zero attached hydrogens (tertiary/aromatic N) is 3. The molecule has 0 bridgehead atoms. The first-order valence-electron chi connectivity index (χ1n) is 11.1. The zero-order valence-electron chi connectivity index (χ0n) is 19.3. The van der Waals surface area contributed by atoms with E-state index in [9.17, 15) is 28.1 Å². The maximum absolute atomic E-state index is 13.3. The molecule has 2 aromatic rings. The molecular weight excluding hydrogens is 451 g/mol. The Labute approximate surface area is 196 Å². The van der Waals surface area contributed by atoms with Gasteiger partial charge in [-0.05, 0) is 56.5 Å². The van der Waals surface area contributed by atoms with Crippen LogP contribution >= 0.6 is 0 Å². The summed E-state index contributed by atoms with van der Waals surface area (Å²) < 4.78 is 44.3. The van der Waals surface area contributed by atoms with E-state index in [1.54, 1.807) is 16.9 Å². The number of hydrogen-bond donors (Lipinski definition) is 0. The fourth-order valence-corrected chi connectivity index (χ4v) is 4.42. The average molecular weight is 479 g/mol. The van der Waals surface area contributed by atoms with Crippen LogP contribution in [0.1, 0.15) is 43.9 Å². The van der Waals surface area contributed by atoms with E-state index in [0.29, 0.717) is 44.3 Å². The summed E-state index contributed by atoms with van der Waals surface area (Å²) in [4.78, 5) is 27.4. The van der Waals surface area contributed by atoms with E-state index >= 15 is 0 Å². The first-order chi connectivity index (χ1) is 16.1. The standard InChI is InChI=1S/C24H28F3N3O4/c1-4-29(16(2)18-6-5-7-20(14-18)34-3)23(31)17-10-12-28(13-11-17)21-9-8-19(24(25,26)27)15-22(21)30(32)33/h5-9,14-17H,4,10-13H2,1-3H3. The summed E-state index contributed by atoms with van der Waals surface area (Å²) in [7, 11) is 1.58. The highest BCUT2D eigenvalue weighted by molar-refractivity contribution is 5.80. The molecule has 7 nitrogen and oxygen atoms in total. The van der Waals surface area contributed by atoms with Gasteiger partial charge in [0.25, 0.3) is 5.69 Å². The zero-order chi connectivity index (χ0) is 25.0. The van der Waals surface area contributed by atoms with Crippen molar-refractivity contribution in [2.45, 2.75) is 38.9 Å². The van der Waals surface area contributed by atoms with E-state index in [1.807, 2.05) is 38.1 Å². The lowest BCUT2D eigenvalue weighted by atomic mass is 9.93.